The van der Waals surface area contributed by atoms with Crippen molar-refractivity contribution >= 4 is 0 Å². The molecule has 4 atom stereocenters. The van der Waals surface area contributed by atoms with Gasteiger partial charge in [-0.2, -0.15) is 0 Å². The summed E-state index contributed by atoms with van der Waals surface area (Å²) in [6.07, 6.45) is 7.40. The number of ether oxygens (including phenoxy) is 5. The summed E-state index contributed by atoms with van der Waals surface area (Å²) in [4.78, 5) is 0. The van der Waals surface area contributed by atoms with Crippen molar-refractivity contribution in [3.8, 4) is 0 Å². The zero-order valence-corrected chi connectivity index (χ0v) is 17.9. The number of rotatable bonds is 9. The summed E-state index contributed by atoms with van der Waals surface area (Å²) in [7, 11) is 0. The van der Waals surface area contributed by atoms with Gasteiger partial charge in [0.2, 0.25) is 0 Å². The van der Waals surface area contributed by atoms with Crippen LogP contribution in [0.4, 0.5) is 0 Å². The summed E-state index contributed by atoms with van der Waals surface area (Å²) in [5.41, 5.74) is 1.17. The van der Waals surface area contributed by atoms with Crippen molar-refractivity contribution in [2.45, 2.75) is 88.2 Å². The van der Waals surface area contributed by atoms with Gasteiger partial charge in [0.1, 0.15) is 12.2 Å². The summed E-state index contributed by atoms with van der Waals surface area (Å²) in [5, 5.41) is 10.0. The molecule has 2 heterocycles. The standard InChI is InChI=1S/C24H36O6/c25-16-22(23-18-28-24(30-23)12-5-2-6-13-24)29-21-10-7-14-27-20(21)11-15-26-17-19-8-3-1-4-9-19/h1,3-4,8-9,20-23,25H,2,5-7,10-18H2/t20-,21+,22+,23+/m0/s1. The van der Waals surface area contributed by atoms with Gasteiger partial charge >= 0.3 is 0 Å². The molecule has 4 rings (SSSR count). The summed E-state index contributed by atoms with van der Waals surface area (Å²) in [6, 6.07) is 10.2. The maximum Gasteiger partial charge on any atom is 0.169 e. The van der Waals surface area contributed by atoms with Crippen molar-refractivity contribution < 1.29 is 28.8 Å². The summed E-state index contributed by atoms with van der Waals surface area (Å²) < 4.78 is 30.5. The normalized spacial score (nSPS) is 29.8. The highest BCUT2D eigenvalue weighted by Crippen LogP contribution is 2.39. The molecule has 168 valence electrons. The zero-order valence-electron chi connectivity index (χ0n) is 17.9. The molecule has 1 aliphatic carbocycles. The Balaban J connectivity index is 1.25. The van der Waals surface area contributed by atoms with Gasteiger partial charge in [0.15, 0.2) is 5.79 Å². The number of hydrogen-bond acceptors (Lipinski definition) is 6. The number of aliphatic hydroxyl groups is 1. The Labute approximate surface area is 179 Å². The van der Waals surface area contributed by atoms with Crippen molar-refractivity contribution in [1.29, 1.82) is 0 Å². The third-order valence-corrected chi connectivity index (χ3v) is 6.47. The molecule has 30 heavy (non-hydrogen) atoms. The Bertz CT molecular complexity index is 617. The lowest BCUT2D eigenvalue weighted by atomic mass is 9.94. The minimum absolute atomic E-state index is 0.0189. The SMILES string of the molecule is OC[C@@H](O[C@@H]1CCCO[C@H]1CCOCc1ccccc1)[C@H]1COC2(CCCCC2)O1. The molecular weight excluding hydrogens is 384 g/mol. The summed E-state index contributed by atoms with van der Waals surface area (Å²) in [6.45, 7) is 2.39. The maximum absolute atomic E-state index is 10.0. The van der Waals surface area contributed by atoms with Gasteiger partial charge in [-0.25, -0.2) is 0 Å². The maximum atomic E-state index is 10.0. The quantitative estimate of drug-likeness (QED) is 0.616. The van der Waals surface area contributed by atoms with Crippen LogP contribution < -0.4 is 0 Å². The Morgan fingerprint density at radius 1 is 1.10 bits per heavy atom. The molecule has 0 bridgehead atoms. The van der Waals surface area contributed by atoms with Crippen LogP contribution in [0.3, 0.4) is 0 Å². The van der Waals surface area contributed by atoms with Crippen LogP contribution in [-0.4, -0.2) is 61.7 Å². The van der Waals surface area contributed by atoms with Gasteiger partial charge in [-0.3, -0.25) is 0 Å². The van der Waals surface area contributed by atoms with E-state index in [4.69, 9.17) is 23.7 Å². The molecule has 1 aromatic rings. The van der Waals surface area contributed by atoms with E-state index in [0.717, 1.165) is 51.6 Å². The molecule has 1 spiro atoms. The molecule has 0 radical (unpaired) electrons. The molecule has 3 aliphatic rings. The topological polar surface area (TPSA) is 66.4 Å². The smallest absolute Gasteiger partial charge is 0.169 e. The van der Waals surface area contributed by atoms with Crippen LogP contribution in [0.2, 0.25) is 0 Å². The summed E-state index contributed by atoms with van der Waals surface area (Å²) >= 11 is 0. The third kappa shape index (κ3) is 5.81. The van der Waals surface area contributed by atoms with Crippen LogP contribution in [-0.2, 0) is 30.3 Å². The van der Waals surface area contributed by atoms with Gasteiger partial charge in [0.05, 0.1) is 32.0 Å². The monoisotopic (exact) mass is 420 g/mol. The number of hydrogen-bond donors (Lipinski definition) is 1. The molecule has 0 unspecified atom stereocenters. The molecule has 6 heteroatoms. The van der Waals surface area contributed by atoms with E-state index in [1.54, 1.807) is 0 Å². The highest BCUT2D eigenvalue weighted by atomic mass is 16.8. The molecule has 2 saturated heterocycles. The predicted molar refractivity (Wildman–Crippen MR) is 112 cm³/mol. The van der Waals surface area contributed by atoms with Gasteiger partial charge in [-0.15, -0.1) is 0 Å². The highest BCUT2D eigenvalue weighted by Gasteiger charge is 2.45. The molecule has 1 saturated carbocycles. The molecule has 2 aliphatic heterocycles. The first-order chi connectivity index (χ1) is 14.8. The van der Waals surface area contributed by atoms with E-state index >= 15 is 0 Å². The van der Waals surface area contributed by atoms with Crippen LogP contribution in [0.25, 0.3) is 0 Å². The first kappa shape index (κ1) is 22.2. The minimum atomic E-state index is -0.451. The Kier molecular flexibility index (Phi) is 8.15. The van der Waals surface area contributed by atoms with Crippen LogP contribution in [0, 0.1) is 0 Å². The Morgan fingerprint density at radius 3 is 2.73 bits per heavy atom. The minimum Gasteiger partial charge on any atom is -0.394 e. The van der Waals surface area contributed by atoms with E-state index in [0.29, 0.717) is 19.8 Å². The molecule has 0 aromatic heterocycles. The molecule has 1 aromatic carbocycles. The lowest BCUT2D eigenvalue weighted by molar-refractivity contribution is -0.214. The van der Waals surface area contributed by atoms with Crippen LogP contribution in [0.1, 0.15) is 56.9 Å². The Morgan fingerprint density at radius 2 is 1.93 bits per heavy atom. The van der Waals surface area contributed by atoms with Crippen molar-refractivity contribution in [3.63, 3.8) is 0 Å². The average Bonchev–Trinajstić information content (AvgIpc) is 3.20. The second-order valence-electron chi connectivity index (χ2n) is 8.71. The van der Waals surface area contributed by atoms with Crippen LogP contribution in [0.5, 0.6) is 0 Å². The number of benzene rings is 1. The van der Waals surface area contributed by atoms with Crippen molar-refractivity contribution in [1.82, 2.24) is 0 Å². The predicted octanol–water partition coefficient (Wildman–Crippen LogP) is 3.59. The largest absolute Gasteiger partial charge is 0.394 e. The van der Waals surface area contributed by atoms with Gasteiger partial charge in [0.25, 0.3) is 0 Å². The lowest BCUT2D eigenvalue weighted by Crippen LogP contribution is -2.45. The zero-order chi connectivity index (χ0) is 20.7. The lowest BCUT2D eigenvalue weighted by Gasteiger charge is -2.36. The van der Waals surface area contributed by atoms with E-state index in [1.165, 1.54) is 12.0 Å². The molecule has 3 fully saturated rings. The second-order valence-corrected chi connectivity index (χ2v) is 8.71. The van der Waals surface area contributed by atoms with E-state index in [-0.39, 0.29) is 31.0 Å². The van der Waals surface area contributed by atoms with Crippen molar-refractivity contribution in [3.05, 3.63) is 35.9 Å². The van der Waals surface area contributed by atoms with Gasteiger partial charge < -0.3 is 28.8 Å². The molecule has 1 N–H and O–H groups in total. The third-order valence-electron chi connectivity index (χ3n) is 6.47. The first-order valence-electron chi connectivity index (χ1n) is 11.6. The van der Waals surface area contributed by atoms with Crippen LogP contribution >= 0.6 is 0 Å². The fourth-order valence-corrected chi connectivity index (χ4v) is 4.79. The first-order valence-corrected chi connectivity index (χ1v) is 11.6. The summed E-state index contributed by atoms with van der Waals surface area (Å²) in [5.74, 6) is -0.451. The van der Waals surface area contributed by atoms with E-state index in [2.05, 4.69) is 12.1 Å². The van der Waals surface area contributed by atoms with E-state index < -0.39 is 5.79 Å². The van der Waals surface area contributed by atoms with Crippen molar-refractivity contribution in [2.75, 3.05) is 26.4 Å². The van der Waals surface area contributed by atoms with Crippen molar-refractivity contribution in [2.24, 2.45) is 0 Å². The number of aliphatic hydroxyl groups excluding tert-OH is 1. The van der Waals surface area contributed by atoms with E-state index in [9.17, 15) is 5.11 Å². The Hall–Kier alpha value is -1.02. The van der Waals surface area contributed by atoms with Gasteiger partial charge in [-0.1, -0.05) is 36.8 Å². The average molecular weight is 421 g/mol. The highest BCUT2D eigenvalue weighted by molar-refractivity contribution is 5.13. The molecular formula is C24H36O6. The van der Waals surface area contributed by atoms with E-state index in [1.807, 2.05) is 18.2 Å². The molecule has 6 nitrogen and oxygen atoms in total. The second kappa shape index (κ2) is 11.0. The van der Waals surface area contributed by atoms with Crippen LogP contribution in [0.15, 0.2) is 30.3 Å². The van der Waals surface area contributed by atoms with Gasteiger partial charge in [-0.05, 0) is 37.7 Å². The van der Waals surface area contributed by atoms with Gasteiger partial charge in [0, 0.05) is 26.1 Å². The fraction of sp³-hybridized carbons (Fsp3) is 0.750. The fourth-order valence-electron chi connectivity index (χ4n) is 4.79. The molecule has 0 amide bonds.